The number of aryl methyl sites for hydroxylation is 1. The normalized spacial score (nSPS) is 15.1. The van der Waals surface area contributed by atoms with E-state index in [0.717, 1.165) is 17.5 Å². The molecule has 0 bridgehead atoms. The number of halogens is 1. The number of carbonyl (C=O) groups excluding carboxylic acids is 1. The predicted molar refractivity (Wildman–Crippen MR) is 58.8 cm³/mol. The van der Waals surface area contributed by atoms with Crippen LogP contribution in [0.5, 0.6) is 0 Å². The zero-order chi connectivity index (χ0) is 9.97. The maximum Gasteiger partial charge on any atom is 0.163 e. The van der Waals surface area contributed by atoms with Crippen molar-refractivity contribution in [2.45, 2.75) is 12.8 Å². The largest absolute Gasteiger partial charge is 0.294 e. The molecule has 14 heavy (non-hydrogen) atoms. The summed E-state index contributed by atoms with van der Waals surface area (Å²) in [5, 5.41) is 0. The highest BCUT2D eigenvalue weighted by Gasteiger charge is 2.18. The van der Waals surface area contributed by atoms with Gasteiger partial charge in [0.1, 0.15) is 0 Å². The minimum Gasteiger partial charge on any atom is -0.294 e. The minimum absolute atomic E-state index is 0.271. The van der Waals surface area contributed by atoms with Crippen molar-refractivity contribution in [3.8, 4) is 0 Å². The minimum atomic E-state index is 0.271. The summed E-state index contributed by atoms with van der Waals surface area (Å²) in [5.41, 5.74) is 3.19. The van der Waals surface area contributed by atoms with Crippen LogP contribution in [0.3, 0.4) is 0 Å². The Morgan fingerprint density at radius 1 is 1.36 bits per heavy atom. The molecular weight excluding hydrogens is 196 g/mol. The molecule has 1 aromatic rings. The third-order valence-electron chi connectivity index (χ3n) is 2.45. The number of alkyl halides is 1. The summed E-state index contributed by atoms with van der Waals surface area (Å²) in [6.07, 6.45) is 5.44. The Bertz CT molecular complexity index is 393. The van der Waals surface area contributed by atoms with Crippen molar-refractivity contribution < 1.29 is 4.79 Å². The van der Waals surface area contributed by atoms with Gasteiger partial charge in [0, 0.05) is 17.9 Å². The number of allylic oxidation sites excluding steroid dienone is 1. The molecule has 0 radical (unpaired) electrons. The molecule has 0 heterocycles. The molecule has 0 spiro atoms. The van der Waals surface area contributed by atoms with Crippen molar-refractivity contribution in [3.63, 3.8) is 0 Å². The maximum atomic E-state index is 11.4. The van der Waals surface area contributed by atoms with Gasteiger partial charge in [0.15, 0.2) is 5.78 Å². The van der Waals surface area contributed by atoms with E-state index in [1.54, 1.807) is 0 Å². The number of hydrogen-bond donors (Lipinski definition) is 0. The molecule has 0 aliphatic heterocycles. The topological polar surface area (TPSA) is 17.1 Å². The molecule has 1 aliphatic carbocycles. The number of rotatable bonds is 2. The first-order valence-electron chi connectivity index (χ1n) is 4.70. The highest BCUT2D eigenvalue weighted by atomic mass is 35.5. The Hall–Kier alpha value is -1.08. The van der Waals surface area contributed by atoms with Crippen LogP contribution in [0, 0.1) is 0 Å². The Kier molecular flexibility index (Phi) is 2.69. The van der Waals surface area contributed by atoms with Crippen molar-refractivity contribution in [1.82, 2.24) is 0 Å². The van der Waals surface area contributed by atoms with E-state index >= 15 is 0 Å². The Labute approximate surface area is 88.4 Å². The Morgan fingerprint density at radius 2 is 2.21 bits per heavy atom. The molecular formula is C12H11ClO. The summed E-state index contributed by atoms with van der Waals surface area (Å²) >= 11 is 5.55. The van der Waals surface area contributed by atoms with Crippen LogP contribution in [0.15, 0.2) is 24.3 Å². The predicted octanol–water partition coefficient (Wildman–Crippen LogP) is 3.07. The first-order chi connectivity index (χ1) is 6.81. The summed E-state index contributed by atoms with van der Waals surface area (Å²) in [4.78, 5) is 11.4. The summed E-state index contributed by atoms with van der Waals surface area (Å²) in [6.45, 7) is 0. The molecule has 1 aromatic carbocycles. The van der Waals surface area contributed by atoms with Gasteiger partial charge in [-0.05, 0) is 17.5 Å². The van der Waals surface area contributed by atoms with Gasteiger partial charge >= 0.3 is 0 Å². The average Bonchev–Trinajstić information content (AvgIpc) is 2.57. The fourth-order valence-electron chi connectivity index (χ4n) is 1.76. The SMILES string of the molecule is O=C1CCc2cc(C=CCCl)ccc21. The Balaban J connectivity index is 2.32. The van der Waals surface area contributed by atoms with Crippen LogP contribution in [-0.4, -0.2) is 11.7 Å². The molecule has 2 rings (SSSR count). The molecule has 0 N–H and O–H groups in total. The first kappa shape index (κ1) is 9.47. The van der Waals surface area contributed by atoms with Gasteiger partial charge in [-0.3, -0.25) is 4.79 Å². The quantitative estimate of drug-likeness (QED) is 0.680. The smallest absolute Gasteiger partial charge is 0.163 e. The van der Waals surface area contributed by atoms with E-state index in [4.69, 9.17) is 11.6 Å². The van der Waals surface area contributed by atoms with E-state index in [1.807, 2.05) is 24.3 Å². The van der Waals surface area contributed by atoms with Crippen molar-refractivity contribution >= 4 is 23.5 Å². The molecule has 1 nitrogen and oxygen atoms in total. The van der Waals surface area contributed by atoms with E-state index in [2.05, 4.69) is 6.07 Å². The third kappa shape index (κ3) is 1.73. The van der Waals surface area contributed by atoms with Gasteiger partial charge < -0.3 is 0 Å². The van der Waals surface area contributed by atoms with Gasteiger partial charge in [0.2, 0.25) is 0 Å². The highest BCUT2D eigenvalue weighted by Crippen LogP contribution is 2.23. The number of ketones is 1. The second-order valence-electron chi connectivity index (χ2n) is 3.40. The molecule has 0 fully saturated rings. The van der Waals surface area contributed by atoms with Crippen LogP contribution in [0.2, 0.25) is 0 Å². The van der Waals surface area contributed by atoms with Crippen LogP contribution in [0.1, 0.15) is 27.9 Å². The second kappa shape index (κ2) is 3.97. The number of carbonyl (C=O) groups is 1. The zero-order valence-electron chi connectivity index (χ0n) is 7.79. The van der Waals surface area contributed by atoms with Gasteiger partial charge in [-0.25, -0.2) is 0 Å². The highest BCUT2D eigenvalue weighted by molar-refractivity contribution is 6.19. The van der Waals surface area contributed by atoms with Gasteiger partial charge in [0.25, 0.3) is 0 Å². The number of benzene rings is 1. The van der Waals surface area contributed by atoms with Gasteiger partial charge in [-0.2, -0.15) is 0 Å². The lowest BCUT2D eigenvalue weighted by atomic mass is 10.1. The summed E-state index contributed by atoms with van der Waals surface area (Å²) in [7, 11) is 0. The second-order valence-corrected chi connectivity index (χ2v) is 3.71. The fourth-order valence-corrected chi connectivity index (χ4v) is 1.85. The molecule has 0 aromatic heterocycles. The molecule has 0 saturated carbocycles. The molecule has 72 valence electrons. The summed E-state index contributed by atoms with van der Waals surface area (Å²) in [5.74, 6) is 0.795. The van der Waals surface area contributed by atoms with Crippen LogP contribution in [0.25, 0.3) is 6.08 Å². The van der Waals surface area contributed by atoms with Crippen LogP contribution < -0.4 is 0 Å². The number of fused-ring (bicyclic) bond motifs is 1. The summed E-state index contributed by atoms with van der Waals surface area (Å²) in [6, 6.07) is 5.95. The molecule has 0 atom stereocenters. The van der Waals surface area contributed by atoms with E-state index in [-0.39, 0.29) is 5.78 Å². The molecule has 2 heteroatoms. The van der Waals surface area contributed by atoms with E-state index < -0.39 is 0 Å². The number of hydrogen-bond acceptors (Lipinski definition) is 1. The van der Waals surface area contributed by atoms with Crippen molar-refractivity contribution in [3.05, 3.63) is 41.0 Å². The lowest BCUT2D eigenvalue weighted by molar-refractivity contribution is 0.0994. The molecule has 0 unspecified atom stereocenters. The van der Waals surface area contributed by atoms with Gasteiger partial charge in [-0.15, -0.1) is 11.6 Å². The van der Waals surface area contributed by atoms with Gasteiger partial charge in [-0.1, -0.05) is 30.4 Å². The van der Waals surface area contributed by atoms with Crippen molar-refractivity contribution in [2.24, 2.45) is 0 Å². The Morgan fingerprint density at radius 3 is 3.00 bits per heavy atom. The zero-order valence-corrected chi connectivity index (χ0v) is 8.55. The lowest BCUT2D eigenvalue weighted by Gasteiger charge is -1.98. The third-order valence-corrected chi connectivity index (χ3v) is 2.63. The monoisotopic (exact) mass is 206 g/mol. The maximum absolute atomic E-state index is 11.4. The van der Waals surface area contributed by atoms with Crippen LogP contribution in [0.4, 0.5) is 0 Å². The van der Waals surface area contributed by atoms with E-state index in [0.29, 0.717) is 12.3 Å². The standard InChI is InChI=1S/C12H11ClO/c13-7-1-2-9-3-5-11-10(8-9)4-6-12(11)14/h1-3,5,8H,4,6-7H2. The lowest BCUT2D eigenvalue weighted by Crippen LogP contribution is -1.90. The van der Waals surface area contributed by atoms with E-state index in [9.17, 15) is 4.79 Å². The molecule has 0 amide bonds. The van der Waals surface area contributed by atoms with Gasteiger partial charge in [0.05, 0.1) is 0 Å². The fraction of sp³-hybridized carbons (Fsp3) is 0.250. The number of Topliss-reactive ketones (excluding diaryl/α,β-unsaturated/α-hetero) is 1. The molecule has 1 aliphatic rings. The van der Waals surface area contributed by atoms with E-state index in [1.165, 1.54) is 5.56 Å². The summed E-state index contributed by atoms with van der Waals surface area (Å²) < 4.78 is 0. The average molecular weight is 207 g/mol. The van der Waals surface area contributed by atoms with Crippen LogP contribution in [-0.2, 0) is 6.42 Å². The van der Waals surface area contributed by atoms with Crippen molar-refractivity contribution in [2.75, 3.05) is 5.88 Å². The van der Waals surface area contributed by atoms with Crippen molar-refractivity contribution in [1.29, 1.82) is 0 Å². The molecule has 0 saturated heterocycles. The van der Waals surface area contributed by atoms with Crippen LogP contribution >= 0.6 is 11.6 Å². The first-order valence-corrected chi connectivity index (χ1v) is 5.23.